The van der Waals surface area contributed by atoms with Crippen molar-refractivity contribution < 1.29 is 23.1 Å². The molecule has 2 atom stereocenters. The van der Waals surface area contributed by atoms with Gasteiger partial charge in [0.25, 0.3) is 5.91 Å². The summed E-state index contributed by atoms with van der Waals surface area (Å²) in [6.45, 7) is 3.43. The first kappa shape index (κ1) is 26.4. The lowest BCUT2D eigenvalue weighted by Crippen LogP contribution is -2.52. The first-order chi connectivity index (χ1) is 19.8. The van der Waals surface area contributed by atoms with Gasteiger partial charge in [0.15, 0.2) is 11.6 Å². The summed E-state index contributed by atoms with van der Waals surface area (Å²) >= 11 is 0. The number of rotatable bonds is 6. The zero-order valence-electron chi connectivity index (χ0n) is 22.7. The number of aromatic nitrogens is 4. The maximum absolute atomic E-state index is 15.3. The molecule has 3 amide bonds. The van der Waals surface area contributed by atoms with Crippen LogP contribution in [-0.4, -0.2) is 75.4 Å². The van der Waals surface area contributed by atoms with Gasteiger partial charge in [-0.3, -0.25) is 9.48 Å². The number of fused-ring (bicyclic) bond motifs is 3. The average Bonchev–Trinajstić information content (AvgIpc) is 3.68. The Bertz CT molecular complexity index is 1680. The van der Waals surface area contributed by atoms with E-state index < -0.39 is 17.5 Å². The number of amides is 3. The number of benzene rings is 2. The Balaban J connectivity index is 1.35. The van der Waals surface area contributed by atoms with E-state index in [1.165, 1.54) is 42.3 Å². The minimum absolute atomic E-state index is 0.0213. The SMILES string of the molecule is CCNC(=O)N1C[C@@H]2C[C@H]1CN2c1c(NC(=O)c2ccnc(-c3c(F)cccc3OC)n2)cc(F)c2c1cnn2C. The van der Waals surface area contributed by atoms with Crippen molar-refractivity contribution in [3.63, 3.8) is 0 Å². The molecule has 13 heteroatoms. The third-order valence-corrected chi connectivity index (χ3v) is 7.62. The Morgan fingerprint density at radius 1 is 1.15 bits per heavy atom. The summed E-state index contributed by atoms with van der Waals surface area (Å²) in [6, 6.07) is 6.84. The van der Waals surface area contributed by atoms with Gasteiger partial charge in [0, 0.05) is 50.4 Å². The highest BCUT2D eigenvalue weighted by atomic mass is 19.1. The van der Waals surface area contributed by atoms with E-state index >= 15 is 4.39 Å². The molecule has 2 aromatic heterocycles. The number of halogens is 2. The summed E-state index contributed by atoms with van der Waals surface area (Å²) in [5, 5.41) is 10.5. The average molecular weight is 563 g/mol. The highest BCUT2D eigenvalue weighted by Gasteiger charge is 2.46. The lowest BCUT2D eigenvalue weighted by Gasteiger charge is -2.36. The van der Waals surface area contributed by atoms with Gasteiger partial charge < -0.3 is 25.2 Å². The first-order valence-corrected chi connectivity index (χ1v) is 13.2. The van der Waals surface area contributed by atoms with Gasteiger partial charge >= 0.3 is 6.03 Å². The quantitative estimate of drug-likeness (QED) is 0.369. The van der Waals surface area contributed by atoms with E-state index in [0.29, 0.717) is 36.2 Å². The monoisotopic (exact) mass is 562 g/mol. The van der Waals surface area contributed by atoms with Gasteiger partial charge in [0.05, 0.1) is 36.3 Å². The molecule has 2 bridgehead atoms. The summed E-state index contributed by atoms with van der Waals surface area (Å²) < 4.78 is 36.7. The van der Waals surface area contributed by atoms with Crippen LogP contribution in [-0.2, 0) is 7.05 Å². The lowest BCUT2D eigenvalue weighted by atomic mass is 10.1. The second-order valence-electron chi connectivity index (χ2n) is 10.0. The van der Waals surface area contributed by atoms with Crippen molar-refractivity contribution in [1.29, 1.82) is 0 Å². The van der Waals surface area contributed by atoms with Crippen LogP contribution in [0.3, 0.4) is 0 Å². The highest BCUT2D eigenvalue weighted by Crippen LogP contribution is 2.43. The van der Waals surface area contributed by atoms with Gasteiger partial charge in [-0.25, -0.2) is 23.5 Å². The Hall–Kier alpha value is -4.81. The van der Waals surface area contributed by atoms with Crippen LogP contribution in [0.1, 0.15) is 23.8 Å². The fourth-order valence-corrected chi connectivity index (χ4v) is 5.83. The van der Waals surface area contributed by atoms with Gasteiger partial charge in [-0.2, -0.15) is 5.10 Å². The molecule has 2 aliphatic rings. The second-order valence-corrected chi connectivity index (χ2v) is 10.0. The van der Waals surface area contributed by atoms with Crippen LogP contribution in [0.25, 0.3) is 22.3 Å². The number of urea groups is 1. The minimum atomic E-state index is -0.624. The van der Waals surface area contributed by atoms with E-state index in [4.69, 9.17) is 4.74 Å². The number of ether oxygens (including phenoxy) is 1. The first-order valence-electron chi connectivity index (χ1n) is 13.2. The van der Waals surface area contributed by atoms with Crippen LogP contribution in [0.5, 0.6) is 5.75 Å². The summed E-state index contributed by atoms with van der Waals surface area (Å²) in [7, 11) is 3.06. The molecule has 6 rings (SSSR count). The van der Waals surface area contributed by atoms with Crippen molar-refractivity contribution in [3.8, 4) is 17.1 Å². The molecular formula is C28H28F2N8O3. The molecule has 2 aliphatic heterocycles. The third kappa shape index (κ3) is 4.46. The van der Waals surface area contributed by atoms with Gasteiger partial charge in [-0.05, 0) is 31.5 Å². The van der Waals surface area contributed by atoms with Crippen molar-refractivity contribution in [1.82, 2.24) is 30.0 Å². The van der Waals surface area contributed by atoms with Crippen LogP contribution < -0.4 is 20.3 Å². The van der Waals surface area contributed by atoms with Crippen LogP contribution in [0.2, 0.25) is 0 Å². The van der Waals surface area contributed by atoms with Gasteiger partial charge in [-0.1, -0.05) is 6.07 Å². The van der Waals surface area contributed by atoms with E-state index in [0.717, 1.165) is 6.42 Å². The van der Waals surface area contributed by atoms with Gasteiger partial charge in [0.2, 0.25) is 0 Å². The van der Waals surface area contributed by atoms with Crippen LogP contribution >= 0.6 is 0 Å². The number of hydrogen-bond donors (Lipinski definition) is 2. The van der Waals surface area contributed by atoms with E-state index in [9.17, 15) is 14.0 Å². The molecule has 2 saturated heterocycles. The Kier molecular flexibility index (Phi) is 6.64. The van der Waals surface area contributed by atoms with Crippen molar-refractivity contribution in [3.05, 3.63) is 60.1 Å². The number of nitrogens with zero attached hydrogens (tertiary/aromatic N) is 6. The molecule has 4 aromatic rings. The molecule has 11 nitrogen and oxygen atoms in total. The highest BCUT2D eigenvalue weighted by molar-refractivity contribution is 6.09. The molecule has 0 unspecified atom stereocenters. The number of likely N-dealkylation sites (tertiary alicyclic amines) is 1. The molecule has 0 aliphatic carbocycles. The number of carbonyl (C=O) groups is 2. The summed E-state index contributed by atoms with van der Waals surface area (Å²) in [4.78, 5) is 38.4. The number of anilines is 2. The molecule has 2 N–H and O–H groups in total. The number of piperazine rings is 1. The van der Waals surface area contributed by atoms with E-state index in [1.54, 1.807) is 19.3 Å². The summed E-state index contributed by atoms with van der Waals surface area (Å²) in [6.07, 6.45) is 3.68. The van der Waals surface area contributed by atoms with Gasteiger partial charge in [0.1, 0.15) is 22.8 Å². The summed E-state index contributed by atoms with van der Waals surface area (Å²) in [5.41, 5.74) is 1.16. The maximum atomic E-state index is 15.3. The Labute approximate surface area is 234 Å². The number of methoxy groups -OCH3 is 1. The number of carbonyl (C=O) groups excluding carboxylic acids is 2. The molecule has 0 spiro atoms. The molecule has 212 valence electrons. The zero-order chi connectivity index (χ0) is 28.8. The molecule has 2 aromatic carbocycles. The largest absolute Gasteiger partial charge is 0.496 e. The standard InChI is InChI=1S/C28H28F2N8O3/c1-4-31-28(40)38-14-15-10-16(38)13-37(15)25-17-12-33-36(2)24(17)19(30)11-21(25)35-27(39)20-8-9-32-26(34-20)23-18(29)6-5-7-22(23)41-3/h5-9,11-12,15-16H,4,10,13-14H2,1-3H3,(H,31,40)(H,35,39)/t15-,16-/m0/s1. The summed E-state index contributed by atoms with van der Waals surface area (Å²) in [5.74, 6) is -1.57. The van der Waals surface area contributed by atoms with Gasteiger partial charge in [-0.15, -0.1) is 0 Å². The van der Waals surface area contributed by atoms with Crippen molar-refractivity contribution >= 4 is 34.2 Å². The van der Waals surface area contributed by atoms with Crippen LogP contribution in [0.4, 0.5) is 25.0 Å². The normalized spacial score (nSPS) is 17.8. The molecule has 0 saturated carbocycles. The topological polar surface area (TPSA) is 118 Å². The van der Waals surface area contributed by atoms with Crippen LogP contribution in [0, 0.1) is 11.6 Å². The van der Waals surface area contributed by atoms with Crippen molar-refractivity contribution in [2.75, 3.05) is 37.0 Å². The maximum Gasteiger partial charge on any atom is 0.317 e. The second kappa shape index (κ2) is 10.3. The number of nitrogens with one attached hydrogen (secondary N) is 2. The molecule has 4 heterocycles. The van der Waals surface area contributed by atoms with E-state index in [2.05, 4.69) is 30.6 Å². The predicted octanol–water partition coefficient (Wildman–Crippen LogP) is 3.56. The number of aryl methyl sites for hydroxylation is 1. The smallest absolute Gasteiger partial charge is 0.317 e. The predicted molar refractivity (Wildman–Crippen MR) is 148 cm³/mol. The van der Waals surface area contributed by atoms with E-state index in [1.807, 2.05) is 11.8 Å². The molecular weight excluding hydrogens is 534 g/mol. The van der Waals surface area contributed by atoms with Crippen molar-refractivity contribution in [2.45, 2.75) is 25.4 Å². The molecule has 0 radical (unpaired) electrons. The lowest BCUT2D eigenvalue weighted by molar-refractivity contribution is 0.102. The van der Waals surface area contributed by atoms with Crippen LogP contribution in [0.15, 0.2) is 42.7 Å². The minimum Gasteiger partial charge on any atom is -0.496 e. The third-order valence-electron chi connectivity index (χ3n) is 7.62. The van der Waals surface area contributed by atoms with E-state index in [-0.39, 0.29) is 46.6 Å². The fourth-order valence-electron chi connectivity index (χ4n) is 5.83. The zero-order valence-corrected chi connectivity index (χ0v) is 22.7. The Morgan fingerprint density at radius 3 is 2.71 bits per heavy atom. The molecule has 41 heavy (non-hydrogen) atoms. The molecule has 2 fully saturated rings. The fraction of sp³-hybridized carbons (Fsp3) is 0.321. The Morgan fingerprint density at radius 2 is 1.98 bits per heavy atom. The van der Waals surface area contributed by atoms with Crippen molar-refractivity contribution in [2.24, 2.45) is 7.05 Å². The number of hydrogen-bond acceptors (Lipinski definition) is 7.